The third-order valence-corrected chi connectivity index (χ3v) is 4.30. The second kappa shape index (κ2) is 8.44. The van der Waals surface area contributed by atoms with Crippen molar-refractivity contribution in [2.75, 3.05) is 5.32 Å². The number of nitrogens with one attached hydrogen (secondary N) is 2. The van der Waals surface area contributed by atoms with Gasteiger partial charge in [-0.3, -0.25) is 20.2 Å². The zero-order valence-corrected chi connectivity index (χ0v) is 15.4. The highest BCUT2D eigenvalue weighted by Gasteiger charge is 2.20. The molecule has 138 valence electrons. The average Bonchev–Trinajstić information content (AvgIpc) is 2.55. The highest BCUT2D eigenvalue weighted by atomic mass is 35.5. The van der Waals surface area contributed by atoms with E-state index in [-0.39, 0.29) is 11.7 Å². The molecule has 0 bridgehead atoms. The van der Waals surface area contributed by atoms with Crippen LogP contribution in [0.1, 0.15) is 25.5 Å². The molecule has 0 aromatic heterocycles. The van der Waals surface area contributed by atoms with Crippen LogP contribution in [0.5, 0.6) is 0 Å². The second-order valence-corrected chi connectivity index (χ2v) is 6.53. The van der Waals surface area contributed by atoms with E-state index in [1.165, 1.54) is 6.07 Å². The highest BCUT2D eigenvalue weighted by molar-refractivity contribution is 6.35. The Bertz CT molecular complexity index is 848. The lowest BCUT2D eigenvalue weighted by atomic mass is 10.1. The fourth-order valence-electron chi connectivity index (χ4n) is 2.37. The molecule has 2 N–H and O–H groups in total. The van der Waals surface area contributed by atoms with E-state index in [1.54, 1.807) is 25.1 Å². The van der Waals surface area contributed by atoms with Gasteiger partial charge in [0.25, 0.3) is 0 Å². The lowest BCUT2D eigenvalue weighted by Crippen LogP contribution is -2.39. The Morgan fingerprint density at radius 3 is 2.50 bits per heavy atom. The number of nitrogens with zero attached hydrogens (tertiary/aromatic N) is 1. The van der Waals surface area contributed by atoms with Gasteiger partial charge >= 0.3 is 5.69 Å². The van der Waals surface area contributed by atoms with Gasteiger partial charge in [-0.05, 0) is 43.7 Å². The summed E-state index contributed by atoms with van der Waals surface area (Å²) in [5.74, 6) is -1.40. The van der Waals surface area contributed by atoms with Gasteiger partial charge in [-0.25, -0.2) is 0 Å². The molecule has 0 aliphatic rings. The number of nitro benzene ring substituents is 1. The summed E-state index contributed by atoms with van der Waals surface area (Å²) < 4.78 is 13.4. The molecule has 2 atom stereocenters. The van der Waals surface area contributed by atoms with Gasteiger partial charge in [-0.1, -0.05) is 29.3 Å². The SMILES string of the molecule is C[C@H](N[C@H](C)C(=O)Nc1ccc(F)c([N+](=O)[O-])c1)c1ccc(Cl)cc1Cl. The van der Waals surface area contributed by atoms with Crippen LogP contribution in [-0.4, -0.2) is 16.9 Å². The van der Waals surface area contributed by atoms with Crippen molar-refractivity contribution in [2.45, 2.75) is 25.9 Å². The predicted octanol–water partition coefficient (Wildman–Crippen LogP) is 4.72. The molecule has 26 heavy (non-hydrogen) atoms. The smallest absolute Gasteiger partial charge is 0.306 e. The van der Waals surface area contributed by atoms with Crippen molar-refractivity contribution >= 4 is 40.5 Å². The van der Waals surface area contributed by atoms with E-state index in [2.05, 4.69) is 10.6 Å². The van der Waals surface area contributed by atoms with Crippen molar-refractivity contribution in [3.8, 4) is 0 Å². The summed E-state index contributed by atoms with van der Waals surface area (Å²) in [6.45, 7) is 3.47. The summed E-state index contributed by atoms with van der Waals surface area (Å²) in [4.78, 5) is 22.2. The van der Waals surface area contributed by atoms with Crippen LogP contribution in [0, 0.1) is 15.9 Å². The van der Waals surface area contributed by atoms with Crippen LogP contribution < -0.4 is 10.6 Å². The third kappa shape index (κ3) is 4.91. The Kier molecular flexibility index (Phi) is 6.52. The number of nitro groups is 1. The maximum Gasteiger partial charge on any atom is 0.306 e. The van der Waals surface area contributed by atoms with Gasteiger partial charge in [0.2, 0.25) is 11.7 Å². The zero-order chi connectivity index (χ0) is 19.4. The van der Waals surface area contributed by atoms with E-state index < -0.39 is 28.4 Å². The molecule has 0 fully saturated rings. The summed E-state index contributed by atoms with van der Waals surface area (Å²) in [5.41, 5.74) is 0.201. The summed E-state index contributed by atoms with van der Waals surface area (Å²) in [6.07, 6.45) is 0. The van der Waals surface area contributed by atoms with Gasteiger partial charge in [0.1, 0.15) is 0 Å². The van der Waals surface area contributed by atoms with Crippen molar-refractivity contribution < 1.29 is 14.1 Å². The van der Waals surface area contributed by atoms with E-state index in [4.69, 9.17) is 23.2 Å². The second-order valence-electron chi connectivity index (χ2n) is 5.69. The number of hydrogen-bond donors (Lipinski definition) is 2. The third-order valence-electron chi connectivity index (χ3n) is 3.73. The molecule has 0 radical (unpaired) electrons. The molecule has 1 amide bonds. The van der Waals surface area contributed by atoms with E-state index in [0.29, 0.717) is 10.0 Å². The Morgan fingerprint density at radius 1 is 1.19 bits per heavy atom. The molecule has 0 spiro atoms. The summed E-state index contributed by atoms with van der Waals surface area (Å²) >= 11 is 12.0. The maximum absolute atomic E-state index is 13.4. The largest absolute Gasteiger partial charge is 0.324 e. The van der Waals surface area contributed by atoms with Gasteiger partial charge < -0.3 is 5.32 Å². The molecule has 2 aromatic carbocycles. The van der Waals surface area contributed by atoms with Crippen LogP contribution in [0.25, 0.3) is 0 Å². The topological polar surface area (TPSA) is 84.3 Å². The van der Waals surface area contributed by atoms with E-state index in [1.807, 2.05) is 6.92 Å². The van der Waals surface area contributed by atoms with Crippen LogP contribution in [0.15, 0.2) is 36.4 Å². The van der Waals surface area contributed by atoms with Gasteiger partial charge in [0.05, 0.1) is 11.0 Å². The summed E-state index contributed by atoms with van der Waals surface area (Å²) in [7, 11) is 0. The number of amides is 1. The van der Waals surface area contributed by atoms with E-state index in [0.717, 1.165) is 17.7 Å². The summed E-state index contributed by atoms with van der Waals surface area (Å²) in [5, 5.41) is 17.3. The lowest BCUT2D eigenvalue weighted by molar-refractivity contribution is -0.387. The van der Waals surface area contributed by atoms with Crippen molar-refractivity contribution in [1.82, 2.24) is 5.32 Å². The first-order chi connectivity index (χ1) is 12.2. The Balaban J connectivity index is 2.05. The van der Waals surface area contributed by atoms with E-state index >= 15 is 0 Å². The summed E-state index contributed by atoms with van der Waals surface area (Å²) in [6, 6.07) is 7.34. The minimum absolute atomic E-state index is 0.133. The van der Waals surface area contributed by atoms with Gasteiger partial charge in [0.15, 0.2) is 0 Å². The van der Waals surface area contributed by atoms with Gasteiger partial charge in [-0.2, -0.15) is 4.39 Å². The maximum atomic E-state index is 13.4. The standard InChI is InChI=1S/C17H16Cl2FN3O3/c1-9(13-5-3-11(18)7-14(13)19)21-10(2)17(24)22-12-4-6-15(20)16(8-12)23(25)26/h3-10,21H,1-2H3,(H,22,24)/t9-,10+/m0/s1. The van der Waals surface area contributed by atoms with Crippen LogP contribution in [-0.2, 0) is 4.79 Å². The first kappa shape index (κ1) is 20.1. The monoisotopic (exact) mass is 399 g/mol. The number of halogens is 3. The Morgan fingerprint density at radius 2 is 1.88 bits per heavy atom. The normalized spacial score (nSPS) is 13.1. The van der Waals surface area contributed by atoms with Crippen LogP contribution >= 0.6 is 23.2 Å². The van der Waals surface area contributed by atoms with Crippen LogP contribution in [0.4, 0.5) is 15.8 Å². The number of carbonyl (C=O) groups excluding carboxylic acids is 1. The molecule has 2 aromatic rings. The first-order valence-corrected chi connectivity index (χ1v) is 8.40. The quantitative estimate of drug-likeness (QED) is 0.543. The van der Waals surface area contributed by atoms with Gasteiger partial charge in [-0.15, -0.1) is 0 Å². The zero-order valence-electron chi connectivity index (χ0n) is 13.9. The van der Waals surface area contributed by atoms with Crippen molar-refractivity contribution in [3.05, 3.63) is 67.9 Å². The number of hydrogen-bond acceptors (Lipinski definition) is 4. The molecule has 0 aliphatic heterocycles. The van der Waals surface area contributed by atoms with Crippen molar-refractivity contribution in [2.24, 2.45) is 0 Å². The predicted molar refractivity (Wildman–Crippen MR) is 99.2 cm³/mol. The molecule has 0 aliphatic carbocycles. The highest BCUT2D eigenvalue weighted by Crippen LogP contribution is 2.26. The van der Waals surface area contributed by atoms with Crippen molar-refractivity contribution in [3.63, 3.8) is 0 Å². The number of rotatable bonds is 6. The molecular weight excluding hydrogens is 384 g/mol. The molecule has 0 heterocycles. The molecule has 9 heteroatoms. The first-order valence-electron chi connectivity index (χ1n) is 7.65. The molecule has 6 nitrogen and oxygen atoms in total. The molecule has 0 saturated heterocycles. The number of anilines is 1. The number of carbonyl (C=O) groups is 1. The molecular formula is C17H16Cl2FN3O3. The van der Waals surface area contributed by atoms with Crippen LogP contribution in [0.2, 0.25) is 10.0 Å². The molecule has 2 rings (SSSR count). The van der Waals surface area contributed by atoms with Crippen molar-refractivity contribution in [1.29, 1.82) is 0 Å². The minimum Gasteiger partial charge on any atom is -0.324 e. The van der Waals surface area contributed by atoms with Gasteiger partial charge in [0, 0.05) is 27.8 Å². The molecule has 0 unspecified atom stereocenters. The average molecular weight is 400 g/mol. The lowest BCUT2D eigenvalue weighted by Gasteiger charge is -2.21. The fourth-order valence-corrected chi connectivity index (χ4v) is 2.95. The van der Waals surface area contributed by atoms with Crippen LogP contribution in [0.3, 0.4) is 0 Å². The van der Waals surface area contributed by atoms with E-state index in [9.17, 15) is 19.3 Å². The number of benzene rings is 2. The minimum atomic E-state index is -0.967. The Hall–Kier alpha value is -2.22. The Labute approximate surface area is 159 Å². The molecule has 0 saturated carbocycles. The fraction of sp³-hybridized carbons (Fsp3) is 0.235.